The lowest BCUT2D eigenvalue weighted by molar-refractivity contribution is 0.0650. The number of aromatic carboxylic acids is 2. The third-order valence-corrected chi connectivity index (χ3v) is 2.46. The van der Waals surface area contributed by atoms with Gasteiger partial charge in [0, 0.05) is 4.83 Å². The smallest absolute Gasteiger partial charge is 0.336 e. The molecule has 1 atom stereocenters. The lowest BCUT2D eigenvalue weighted by Gasteiger charge is -2.10. The molecule has 0 bridgehead atoms. The molecule has 0 saturated heterocycles. The molecule has 2 N–H and O–H groups in total. The first kappa shape index (κ1) is 11.7. The molecule has 80 valence electrons. The van der Waals surface area contributed by atoms with Crippen molar-refractivity contribution < 1.29 is 19.8 Å². The Hall–Kier alpha value is -1.36. The van der Waals surface area contributed by atoms with Crippen LogP contribution in [0.25, 0.3) is 0 Å². The molecule has 1 aromatic carbocycles. The summed E-state index contributed by atoms with van der Waals surface area (Å²) in [7, 11) is 0. The number of carboxylic acid groups (broad SMARTS) is 2. The Kier molecular flexibility index (Phi) is 3.47. The van der Waals surface area contributed by atoms with Gasteiger partial charge in [0.1, 0.15) is 0 Å². The van der Waals surface area contributed by atoms with Crippen molar-refractivity contribution in [1.29, 1.82) is 0 Å². The number of hydrogen-bond donors (Lipinski definition) is 2. The summed E-state index contributed by atoms with van der Waals surface area (Å²) in [5.74, 6) is -2.46. The minimum Gasteiger partial charge on any atom is -0.478 e. The Bertz CT molecular complexity index is 412. The summed E-state index contributed by atoms with van der Waals surface area (Å²) >= 11 is 3.23. The largest absolute Gasteiger partial charge is 0.478 e. The SMILES string of the molecule is CC(Br)c1cccc(C(=O)O)c1C(=O)O. The van der Waals surface area contributed by atoms with Crippen LogP contribution in [0.4, 0.5) is 0 Å². The summed E-state index contributed by atoms with van der Waals surface area (Å²) < 4.78 is 0. The van der Waals surface area contributed by atoms with E-state index in [2.05, 4.69) is 15.9 Å². The fraction of sp³-hybridized carbons (Fsp3) is 0.200. The first-order valence-electron chi connectivity index (χ1n) is 4.18. The van der Waals surface area contributed by atoms with Crippen molar-refractivity contribution in [1.82, 2.24) is 0 Å². The molecular formula is C10H9BrO4. The molecule has 0 aromatic heterocycles. The van der Waals surface area contributed by atoms with Crippen LogP contribution in [0, 0.1) is 0 Å². The maximum atomic E-state index is 11.0. The maximum Gasteiger partial charge on any atom is 0.336 e. The van der Waals surface area contributed by atoms with Gasteiger partial charge in [0.2, 0.25) is 0 Å². The molecule has 1 rings (SSSR count). The van der Waals surface area contributed by atoms with Gasteiger partial charge in [-0.2, -0.15) is 0 Å². The number of rotatable bonds is 3. The molecule has 0 aliphatic heterocycles. The van der Waals surface area contributed by atoms with E-state index in [0.717, 1.165) is 0 Å². The van der Waals surface area contributed by atoms with E-state index in [0.29, 0.717) is 5.56 Å². The molecule has 0 saturated carbocycles. The van der Waals surface area contributed by atoms with Crippen LogP contribution in [0.5, 0.6) is 0 Å². The zero-order chi connectivity index (χ0) is 11.6. The molecule has 0 amide bonds. The van der Waals surface area contributed by atoms with Gasteiger partial charge in [-0.25, -0.2) is 9.59 Å². The number of benzene rings is 1. The quantitative estimate of drug-likeness (QED) is 0.830. The summed E-state index contributed by atoms with van der Waals surface area (Å²) in [4.78, 5) is 21.6. The third-order valence-electron chi connectivity index (χ3n) is 1.97. The van der Waals surface area contributed by atoms with Crippen LogP contribution in [-0.4, -0.2) is 22.2 Å². The number of alkyl halides is 1. The highest BCUT2D eigenvalue weighted by Crippen LogP contribution is 2.27. The van der Waals surface area contributed by atoms with Crippen molar-refractivity contribution in [2.45, 2.75) is 11.8 Å². The summed E-state index contributed by atoms with van der Waals surface area (Å²) in [6.07, 6.45) is 0. The van der Waals surface area contributed by atoms with E-state index >= 15 is 0 Å². The van der Waals surface area contributed by atoms with Gasteiger partial charge in [0.25, 0.3) is 0 Å². The summed E-state index contributed by atoms with van der Waals surface area (Å²) in [6.45, 7) is 1.74. The van der Waals surface area contributed by atoms with Crippen LogP contribution in [0.3, 0.4) is 0 Å². The molecule has 1 aromatic rings. The topological polar surface area (TPSA) is 74.6 Å². The highest BCUT2D eigenvalue weighted by molar-refractivity contribution is 9.09. The van der Waals surface area contributed by atoms with Gasteiger partial charge >= 0.3 is 11.9 Å². The fourth-order valence-electron chi connectivity index (χ4n) is 1.32. The van der Waals surface area contributed by atoms with E-state index < -0.39 is 11.9 Å². The summed E-state index contributed by atoms with van der Waals surface area (Å²) in [6, 6.07) is 4.41. The first-order valence-corrected chi connectivity index (χ1v) is 5.10. The van der Waals surface area contributed by atoms with E-state index in [9.17, 15) is 9.59 Å². The van der Waals surface area contributed by atoms with Gasteiger partial charge in [-0.3, -0.25) is 0 Å². The molecular weight excluding hydrogens is 264 g/mol. The molecule has 0 aliphatic carbocycles. The Morgan fingerprint density at radius 2 is 1.87 bits per heavy atom. The van der Waals surface area contributed by atoms with E-state index in [1.54, 1.807) is 13.0 Å². The van der Waals surface area contributed by atoms with Gasteiger partial charge in [-0.05, 0) is 18.6 Å². The van der Waals surface area contributed by atoms with Crippen LogP contribution < -0.4 is 0 Å². The van der Waals surface area contributed by atoms with Crippen molar-refractivity contribution in [3.05, 3.63) is 34.9 Å². The van der Waals surface area contributed by atoms with Gasteiger partial charge < -0.3 is 10.2 Å². The zero-order valence-corrected chi connectivity index (χ0v) is 9.48. The lowest BCUT2D eigenvalue weighted by atomic mass is 9.99. The highest BCUT2D eigenvalue weighted by Gasteiger charge is 2.21. The molecule has 0 spiro atoms. The molecule has 0 heterocycles. The standard InChI is InChI=1S/C10H9BrO4/c1-5(11)6-3-2-4-7(9(12)13)8(6)10(14)15/h2-5H,1H3,(H,12,13)(H,14,15). The minimum atomic E-state index is -1.23. The molecule has 0 aliphatic rings. The lowest BCUT2D eigenvalue weighted by Crippen LogP contribution is -2.11. The van der Waals surface area contributed by atoms with Crippen molar-refractivity contribution in [3.63, 3.8) is 0 Å². The predicted molar refractivity (Wildman–Crippen MR) is 57.7 cm³/mol. The normalized spacial score (nSPS) is 12.1. The van der Waals surface area contributed by atoms with Crippen LogP contribution in [-0.2, 0) is 0 Å². The average molecular weight is 273 g/mol. The first-order chi connectivity index (χ1) is 6.95. The molecule has 0 radical (unpaired) electrons. The molecule has 5 heteroatoms. The molecule has 1 unspecified atom stereocenters. The van der Waals surface area contributed by atoms with Crippen molar-refractivity contribution >= 4 is 27.9 Å². The van der Waals surface area contributed by atoms with Crippen molar-refractivity contribution in [2.24, 2.45) is 0 Å². The number of hydrogen-bond acceptors (Lipinski definition) is 2. The van der Waals surface area contributed by atoms with Crippen molar-refractivity contribution in [3.8, 4) is 0 Å². The van der Waals surface area contributed by atoms with Crippen molar-refractivity contribution in [2.75, 3.05) is 0 Å². The summed E-state index contributed by atoms with van der Waals surface area (Å²) in [5, 5.41) is 17.8. The minimum absolute atomic E-state index is 0.158. The number of carboxylic acids is 2. The highest BCUT2D eigenvalue weighted by atomic mass is 79.9. The Balaban J connectivity index is 3.48. The average Bonchev–Trinajstić information content (AvgIpc) is 2.16. The van der Waals surface area contributed by atoms with Gasteiger partial charge in [0.05, 0.1) is 11.1 Å². The molecule has 15 heavy (non-hydrogen) atoms. The van der Waals surface area contributed by atoms with Gasteiger partial charge in [-0.15, -0.1) is 0 Å². The monoisotopic (exact) mass is 272 g/mol. The van der Waals surface area contributed by atoms with Gasteiger partial charge in [0.15, 0.2) is 0 Å². The maximum absolute atomic E-state index is 11.0. The third kappa shape index (κ3) is 2.36. The fourth-order valence-corrected chi connectivity index (χ4v) is 1.70. The zero-order valence-electron chi connectivity index (χ0n) is 7.90. The second-order valence-corrected chi connectivity index (χ2v) is 4.37. The van der Waals surface area contributed by atoms with Crippen LogP contribution in [0.15, 0.2) is 18.2 Å². The van der Waals surface area contributed by atoms with Crippen LogP contribution >= 0.6 is 15.9 Å². The summed E-state index contributed by atoms with van der Waals surface area (Å²) in [5.41, 5.74) is 0.114. The second kappa shape index (κ2) is 4.44. The van der Waals surface area contributed by atoms with Crippen LogP contribution in [0.1, 0.15) is 38.0 Å². The Morgan fingerprint density at radius 3 is 2.27 bits per heavy atom. The predicted octanol–water partition coefficient (Wildman–Crippen LogP) is 2.54. The van der Waals surface area contributed by atoms with E-state index in [1.165, 1.54) is 12.1 Å². The van der Waals surface area contributed by atoms with Crippen LogP contribution in [0.2, 0.25) is 0 Å². The van der Waals surface area contributed by atoms with E-state index in [-0.39, 0.29) is 16.0 Å². The van der Waals surface area contributed by atoms with E-state index in [4.69, 9.17) is 10.2 Å². The molecule has 0 fully saturated rings. The molecule has 4 nitrogen and oxygen atoms in total. The Morgan fingerprint density at radius 1 is 1.27 bits per heavy atom. The second-order valence-electron chi connectivity index (χ2n) is 3.00. The van der Waals surface area contributed by atoms with E-state index in [1.807, 2.05) is 0 Å². The number of halogens is 1. The Labute approximate surface area is 94.7 Å². The number of carbonyl (C=O) groups is 2. The van der Waals surface area contributed by atoms with Gasteiger partial charge in [-0.1, -0.05) is 28.1 Å².